The van der Waals surface area contributed by atoms with E-state index in [0.29, 0.717) is 0 Å². The van der Waals surface area contributed by atoms with Crippen LogP contribution < -0.4 is 10.1 Å². The van der Waals surface area contributed by atoms with Gasteiger partial charge in [0.2, 0.25) is 0 Å². The van der Waals surface area contributed by atoms with Crippen molar-refractivity contribution in [2.75, 3.05) is 7.11 Å². The quantitative estimate of drug-likeness (QED) is 0.274. The number of nitrogens with one attached hydrogen (secondary N) is 1. The van der Waals surface area contributed by atoms with E-state index in [0.717, 1.165) is 57.3 Å². The van der Waals surface area contributed by atoms with Gasteiger partial charge in [0, 0.05) is 12.1 Å². The number of alkyl halides is 3. The summed E-state index contributed by atoms with van der Waals surface area (Å²) in [4.78, 5) is 0. The van der Waals surface area contributed by atoms with Gasteiger partial charge in [-0.1, -0.05) is 55.5 Å². The number of ether oxygens (including phenoxy) is 1. The molecule has 0 spiro atoms. The first-order valence-corrected chi connectivity index (χ1v) is 11.4. The van der Waals surface area contributed by atoms with Gasteiger partial charge in [-0.05, 0) is 82.8 Å². The van der Waals surface area contributed by atoms with Crippen LogP contribution in [-0.2, 0) is 6.18 Å². The molecule has 4 aromatic carbocycles. The number of hydrogen-bond donors (Lipinski definition) is 1. The lowest BCUT2D eigenvalue weighted by Gasteiger charge is -2.24. The average molecular weight is 500 g/mol. The Hall–Kier alpha value is -3.02. The van der Waals surface area contributed by atoms with Crippen molar-refractivity contribution < 1.29 is 17.9 Å². The molecule has 0 aromatic heterocycles. The summed E-state index contributed by atoms with van der Waals surface area (Å²) in [5, 5.41) is 5.79. The number of methoxy groups -OCH3 is 1. The summed E-state index contributed by atoms with van der Waals surface area (Å²) >= 11 is 0. The molecule has 1 unspecified atom stereocenters. The van der Waals surface area contributed by atoms with Crippen molar-refractivity contribution in [2.45, 2.75) is 38.5 Å². The first kappa shape index (κ1) is 26.6. The van der Waals surface area contributed by atoms with Crippen LogP contribution >= 0.6 is 12.4 Å². The minimum absolute atomic E-state index is 0. The van der Waals surface area contributed by atoms with Crippen molar-refractivity contribution in [3.63, 3.8) is 0 Å². The van der Waals surface area contributed by atoms with E-state index in [9.17, 15) is 13.2 Å². The van der Waals surface area contributed by atoms with Gasteiger partial charge in [-0.25, -0.2) is 0 Å². The molecule has 0 amide bonds. The summed E-state index contributed by atoms with van der Waals surface area (Å²) in [6.07, 6.45) is -3.49. The van der Waals surface area contributed by atoms with Gasteiger partial charge < -0.3 is 10.1 Å². The fourth-order valence-electron chi connectivity index (χ4n) is 4.37. The fraction of sp³-hybridized carbons (Fsp3) is 0.241. The summed E-state index contributed by atoms with van der Waals surface area (Å²) in [5.74, 6) is 0.814. The van der Waals surface area contributed by atoms with Crippen molar-refractivity contribution in [3.05, 3.63) is 102 Å². The Morgan fingerprint density at radius 2 is 1.57 bits per heavy atom. The molecule has 1 N–H and O–H groups in total. The number of fused-ring (bicyclic) bond motifs is 1. The van der Waals surface area contributed by atoms with Crippen LogP contribution in [0, 0.1) is 0 Å². The summed E-state index contributed by atoms with van der Waals surface area (Å²) in [6.45, 7) is 4.25. The Balaban J connectivity index is 0.00000342. The van der Waals surface area contributed by atoms with Gasteiger partial charge in [0.1, 0.15) is 5.75 Å². The van der Waals surface area contributed by atoms with Crippen LogP contribution in [0.4, 0.5) is 13.2 Å². The maximum Gasteiger partial charge on any atom is 0.416 e. The van der Waals surface area contributed by atoms with Gasteiger partial charge in [-0.3, -0.25) is 0 Å². The Labute approximate surface area is 210 Å². The summed E-state index contributed by atoms with van der Waals surface area (Å²) < 4.78 is 44.6. The SMILES string of the molecule is CCC(N[C@H](C)c1cccc(OC)c1)c1cc(-c2ccc(C(F)(F)F)cc2)c2ccccc2c1.Cl. The van der Waals surface area contributed by atoms with Crippen LogP contribution in [-0.4, -0.2) is 7.11 Å². The fourth-order valence-corrected chi connectivity index (χ4v) is 4.37. The highest BCUT2D eigenvalue weighted by Crippen LogP contribution is 2.36. The molecule has 2 nitrogen and oxygen atoms in total. The molecule has 35 heavy (non-hydrogen) atoms. The highest BCUT2D eigenvalue weighted by atomic mass is 35.5. The third-order valence-corrected chi connectivity index (χ3v) is 6.26. The zero-order chi connectivity index (χ0) is 24.3. The molecule has 184 valence electrons. The van der Waals surface area contributed by atoms with Gasteiger partial charge in [0.25, 0.3) is 0 Å². The van der Waals surface area contributed by atoms with E-state index in [4.69, 9.17) is 4.74 Å². The monoisotopic (exact) mass is 499 g/mol. The molecule has 0 saturated heterocycles. The van der Waals surface area contributed by atoms with Crippen LogP contribution in [0.25, 0.3) is 21.9 Å². The molecule has 4 aromatic rings. The van der Waals surface area contributed by atoms with E-state index in [1.807, 2.05) is 42.5 Å². The van der Waals surface area contributed by atoms with E-state index < -0.39 is 11.7 Å². The molecule has 0 aliphatic rings. The Bertz CT molecular complexity index is 1270. The van der Waals surface area contributed by atoms with Gasteiger partial charge in [-0.2, -0.15) is 13.2 Å². The van der Waals surface area contributed by atoms with E-state index >= 15 is 0 Å². The molecule has 0 radical (unpaired) electrons. The number of benzene rings is 4. The second kappa shape index (κ2) is 11.1. The minimum atomic E-state index is -4.35. The van der Waals surface area contributed by atoms with E-state index in [1.54, 1.807) is 19.2 Å². The maximum atomic E-state index is 13.1. The lowest BCUT2D eigenvalue weighted by molar-refractivity contribution is -0.137. The van der Waals surface area contributed by atoms with Gasteiger partial charge in [0.05, 0.1) is 12.7 Å². The Kier molecular flexibility index (Phi) is 8.47. The largest absolute Gasteiger partial charge is 0.497 e. The van der Waals surface area contributed by atoms with Gasteiger partial charge in [0.15, 0.2) is 0 Å². The zero-order valence-corrected chi connectivity index (χ0v) is 20.7. The van der Waals surface area contributed by atoms with E-state index in [1.165, 1.54) is 0 Å². The lowest BCUT2D eigenvalue weighted by atomic mass is 9.91. The van der Waals surface area contributed by atoms with Crippen molar-refractivity contribution in [3.8, 4) is 16.9 Å². The number of hydrogen-bond acceptors (Lipinski definition) is 2. The predicted octanol–water partition coefficient (Wildman–Crippen LogP) is 8.76. The van der Waals surface area contributed by atoms with Gasteiger partial charge in [-0.15, -0.1) is 12.4 Å². The van der Waals surface area contributed by atoms with Crippen molar-refractivity contribution in [2.24, 2.45) is 0 Å². The average Bonchev–Trinajstić information content (AvgIpc) is 2.86. The molecule has 0 heterocycles. The molecular formula is C29H29ClF3NO. The smallest absolute Gasteiger partial charge is 0.416 e. The summed E-state index contributed by atoms with van der Waals surface area (Å²) in [6, 6.07) is 25.8. The van der Waals surface area contributed by atoms with Crippen molar-refractivity contribution >= 4 is 23.2 Å². The second-order valence-corrected chi connectivity index (χ2v) is 8.49. The second-order valence-electron chi connectivity index (χ2n) is 8.49. The highest BCUT2D eigenvalue weighted by Gasteiger charge is 2.30. The van der Waals surface area contributed by atoms with Crippen molar-refractivity contribution in [1.29, 1.82) is 0 Å². The van der Waals surface area contributed by atoms with Crippen LogP contribution in [0.3, 0.4) is 0 Å². The first-order chi connectivity index (χ1) is 16.3. The predicted molar refractivity (Wildman–Crippen MR) is 139 cm³/mol. The van der Waals surface area contributed by atoms with Crippen molar-refractivity contribution in [1.82, 2.24) is 5.32 Å². The third-order valence-electron chi connectivity index (χ3n) is 6.26. The summed E-state index contributed by atoms with van der Waals surface area (Å²) in [7, 11) is 1.66. The molecule has 0 aliphatic heterocycles. The molecule has 0 aliphatic carbocycles. The van der Waals surface area contributed by atoms with Gasteiger partial charge >= 0.3 is 6.18 Å². The maximum absolute atomic E-state index is 13.1. The Morgan fingerprint density at radius 1 is 0.857 bits per heavy atom. The zero-order valence-electron chi connectivity index (χ0n) is 19.9. The molecule has 0 fully saturated rings. The minimum Gasteiger partial charge on any atom is -0.497 e. The topological polar surface area (TPSA) is 21.3 Å². The van der Waals surface area contributed by atoms with E-state index in [-0.39, 0.29) is 24.5 Å². The van der Waals surface area contributed by atoms with E-state index in [2.05, 4.69) is 37.4 Å². The number of rotatable bonds is 7. The van der Waals surface area contributed by atoms with Crippen LogP contribution in [0.15, 0.2) is 84.9 Å². The van der Waals surface area contributed by atoms with Crippen LogP contribution in [0.5, 0.6) is 5.75 Å². The molecule has 4 rings (SSSR count). The molecule has 6 heteroatoms. The molecule has 0 bridgehead atoms. The lowest BCUT2D eigenvalue weighted by Crippen LogP contribution is -2.24. The highest BCUT2D eigenvalue weighted by molar-refractivity contribution is 5.97. The molecule has 2 atom stereocenters. The third kappa shape index (κ3) is 5.98. The summed E-state index contributed by atoms with van der Waals surface area (Å²) in [5.41, 5.74) is 3.28. The van der Waals surface area contributed by atoms with Crippen LogP contribution in [0.2, 0.25) is 0 Å². The number of halogens is 4. The normalized spacial score (nSPS) is 13.2. The Morgan fingerprint density at radius 3 is 2.23 bits per heavy atom. The molecule has 0 saturated carbocycles. The van der Waals surface area contributed by atoms with Crippen LogP contribution in [0.1, 0.15) is 49.0 Å². The molecular weight excluding hydrogens is 471 g/mol. The first-order valence-electron chi connectivity index (χ1n) is 11.4. The standard InChI is InChI=1S/C29H28F3NO.ClH/c1-4-28(33-19(2)21-9-7-10-25(17-21)34-3)23-16-22-8-5-6-11-26(22)27(18-23)20-12-14-24(15-13-20)29(30,31)32;/h5-19,28,33H,4H2,1-3H3;1H/t19-,28?;/m1./s1.